The van der Waals surface area contributed by atoms with Gasteiger partial charge in [0, 0.05) is 22.7 Å². The summed E-state index contributed by atoms with van der Waals surface area (Å²) in [6.45, 7) is 4.03. The van der Waals surface area contributed by atoms with E-state index in [4.69, 9.17) is 21.1 Å². The van der Waals surface area contributed by atoms with Crippen LogP contribution in [0, 0.1) is 0 Å². The molecule has 0 bridgehead atoms. The lowest BCUT2D eigenvalue weighted by Gasteiger charge is -2.17. The van der Waals surface area contributed by atoms with Crippen LogP contribution in [0.25, 0.3) is 10.9 Å². The van der Waals surface area contributed by atoms with Gasteiger partial charge in [-0.25, -0.2) is 4.79 Å². The number of carbonyl (C=O) groups is 1. The predicted molar refractivity (Wildman–Crippen MR) is 144 cm³/mol. The first-order valence-electron chi connectivity index (χ1n) is 11.8. The van der Waals surface area contributed by atoms with Crippen LogP contribution in [0.5, 0.6) is 11.5 Å². The molecule has 0 saturated heterocycles. The molecule has 0 aliphatic rings. The summed E-state index contributed by atoms with van der Waals surface area (Å²) in [4.78, 5) is 39.5. The number of rotatable bonds is 8. The van der Waals surface area contributed by atoms with E-state index in [0.29, 0.717) is 38.6 Å². The quantitative estimate of drug-likeness (QED) is 0.377. The summed E-state index contributed by atoms with van der Waals surface area (Å²) in [5.74, 6) is 0.610. The van der Waals surface area contributed by atoms with Gasteiger partial charge in [-0.15, -0.1) is 0 Å². The fourth-order valence-corrected chi connectivity index (χ4v) is 4.22. The molecule has 192 valence electrons. The molecule has 1 aromatic heterocycles. The number of halogens is 1. The highest BCUT2D eigenvalue weighted by Gasteiger charge is 2.18. The summed E-state index contributed by atoms with van der Waals surface area (Å²) in [6, 6.07) is 17.2. The Kier molecular flexibility index (Phi) is 7.69. The highest BCUT2D eigenvalue weighted by Crippen LogP contribution is 2.30. The Morgan fingerprint density at radius 3 is 1.97 bits per heavy atom. The molecule has 8 nitrogen and oxygen atoms in total. The minimum atomic E-state index is -0.471. The molecule has 4 aromatic rings. The molecule has 0 unspecified atom stereocenters. The minimum absolute atomic E-state index is 0.0121. The van der Waals surface area contributed by atoms with Crippen molar-refractivity contribution in [3.8, 4) is 11.5 Å². The molecule has 37 heavy (non-hydrogen) atoms. The molecular weight excluding hydrogens is 494 g/mol. The van der Waals surface area contributed by atoms with E-state index in [-0.39, 0.29) is 25.0 Å². The Hall–Kier alpha value is -4.04. The number of nitrogens with zero attached hydrogens (tertiary/aromatic N) is 2. The van der Waals surface area contributed by atoms with E-state index in [1.165, 1.54) is 23.4 Å². The Labute approximate surface area is 219 Å². The third-order valence-electron chi connectivity index (χ3n) is 5.96. The number of ether oxygens (including phenoxy) is 2. The Morgan fingerprint density at radius 2 is 1.41 bits per heavy atom. The first kappa shape index (κ1) is 26.0. The van der Waals surface area contributed by atoms with Crippen molar-refractivity contribution < 1.29 is 14.3 Å². The van der Waals surface area contributed by atoms with E-state index in [1.54, 1.807) is 48.5 Å². The lowest BCUT2D eigenvalue weighted by atomic mass is 10.1. The van der Waals surface area contributed by atoms with Crippen LogP contribution in [0.1, 0.15) is 35.3 Å². The van der Waals surface area contributed by atoms with Crippen LogP contribution in [0.3, 0.4) is 0 Å². The molecule has 3 aromatic carbocycles. The van der Waals surface area contributed by atoms with Gasteiger partial charge in [0.15, 0.2) is 11.5 Å². The summed E-state index contributed by atoms with van der Waals surface area (Å²) in [6.07, 6.45) is 0. The Morgan fingerprint density at radius 1 is 0.865 bits per heavy atom. The number of carbonyl (C=O) groups excluding carboxylic acids is 1. The van der Waals surface area contributed by atoms with Gasteiger partial charge in [-0.3, -0.25) is 18.7 Å². The average molecular weight is 522 g/mol. The van der Waals surface area contributed by atoms with E-state index in [2.05, 4.69) is 5.32 Å². The first-order valence-corrected chi connectivity index (χ1v) is 12.1. The second kappa shape index (κ2) is 10.9. The van der Waals surface area contributed by atoms with E-state index < -0.39 is 11.2 Å². The van der Waals surface area contributed by atoms with Crippen molar-refractivity contribution in [2.45, 2.75) is 33.0 Å². The molecule has 4 rings (SSSR count). The molecular formula is C28H28ClN3O5. The number of hydrogen-bond acceptors (Lipinski definition) is 5. The van der Waals surface area contributed by atoms with Crippen molar-refractivity contribution >= 4 is 28.4 Å². The van der Waals surface area contributed by atoms with Gasteiger partial charge in [0.05, 0.1) is 38.2 Å². The van der Waals surface area contributed by atoms with Crippen molar-refractivity contribution in [3.05, 3.63) is 103 Å². The van der Waals surface area contributed by atoms with Gasteiger partial charge >= 0.3 is 5.69 Å². The molecule has 1 N–H and O–H groups in total. The first-order chi connectivity index (χ1) is 17.7. The zero-order chi connectivity index (χ0) is 26.7. The van der Waals surface area contributed by atoms with E-state index in [1.807, 2.05) is 26.0 Å². The molecule has 1 heterocycles. The molecule has 0 aliphatic carbocycles. The predicted octanol–water partition coefficient (Wildman–Crippen LogP) is 4.07. The maximum absolute atomic E-state index is 13.7. The fraction of sp³-hybridized carbons (Fsp3) is 0.250. The smallest absolute Gasteiger partial charge is 0.332 e. The van der Waals surface area contributed by atoms with Gasteiger partial charge in [-0.1, -0.05) is 35.9 Å². The van der Waals surface area contributed by atoms with E-state index >= 15 is 0 Å². The Bertz CT molecular complexity index is 1560. The SMILES string of the molecule is COc1cc2c(=O)n(Cc3ccc(C(=O)NC(C)C)cc3)c(=O)n(Cc3ccc(Cl)cc3)c2cc1OC. The number of methoxy groups -OCH3 is 2. The number of nitrogens with one attached hydrogen (secondary N) is 1. The normalized spacial score (nSPS) is 11.1. The third kappa shape index (κ3) is 5.54. The molecule has 0 spiro atoms. The molecule has 9 heteroatoms. The molecule has 0 atom stereocenters. The molecule has 1 amide bonds. The van der Waals surface area contributed by atoms with Crippen LogP contribution in [0.15, 0.2) is 70.3 Å². The third-order valence-corrected chi connectivity index (χ3v) is 6.21. The standard InChI is InChI=1S/C28H28ClN3O5/c1-17(2)30-26(33)20-9-5-18(6-10-20)16-32-27(34)22-13-24(36-3)25(37-4)14-23(22)31(28(32)35)15-19-7-11-21(29)12-8-19/h5-14,17H,15-16H2,1-4H3,(H,30,33). The van der Waals surface area contributed by atoms with Gasteiger partial charge in [0.1, 0.15) is 0 Å². The van der Waals surface area contributed by atoms with Gasteiger partial charge in [-0.2, -0.15) is 0 Å². The highest BCUT2D eigenvalue weighted by atomic mass is 35.5. The van der Waals surface area contributed by atoms with Crippen molar-refractivity contribution in [2.75, 3.05) is 14.2 Å². The zero-order valence-electron chi connectivity index (χ0n) is 21.1. The van der Waals surface area contributed by atoms with Crippen molar-refractivity contribution in [3.63, 3.8) is 0 Å². The minimum Gasteiger partial charge on any atom is -0.493 e. The largest absolute Gasteiger partial charge is 0.493 e. The number of amides is 1. The lowest BCUT2D eigenvalue weighted by Crippen LogP contribution is -2.40. The van der Waals surface area contributed by atoms with Gasteiger partial charge in [0.2, 0.25) is 0 Å². The number of aromatic nitrogens is 2. The maximum Gasteiger partial charge on any atom is 0.332 e. The average Bonchev–Trinajstić information content (AvgIpc) is 2.89. The molecule has 0 radical (unpaired) electrons. The monoisotopic (exact) mass is 521 g/mol. The van der Waals surface area contributed by atoms with Gasteiger partial charge < -0.3 is 14.8 Å². The number of benzene rings is 3. The van der Waals surface area contributed by atoms with Crippen LogP contribution in [0.4, 0.5) is 0 Å². The van der Waals surface area contributed by atoms with Gasteiger partial charge in [-0.05, 0) is 55.3 Å². The van der Waals surface area contributed by atoms with Crippen molar-refractivity contribution in [1.82, 2.24) is 14.5 Å². The summed E-state index contributed by atoms with van der Waals surface area (Å²) in [5.41, 5.74) is 1.56. The zero-order valence-corrected chi connectivity index (χ0v) is 21.8. The summed E-state index contributed by atoms with van der Waals surface area (Å²) in [7, 11) is 2.99. The van der Waals surface area contributed by atoms with Gasteiger partial charge in [0.25, 0.3) is 11.5 Å². The fourth-order valence-electron chi connectivity index (χ4n) is 4.10. The Balaban J connectivity index is 1.83. The second-order valence-electron chi connectivity index (χ2n) is 8.94. The maximum atomic E-state index is 13.7. The van der Waals surface area contributed by atoms with Crippen LogP contribution < -0.4 is 26.0 Å². The number of fused-ring (bicyclic) bond motifs is 1. The van der Waals surface area contributed by atoms with Crippen LogP contribution in [-0.4, -0.2) is 35.3 Å². The molecule has 0 aliphatic heterocycles. The van der Waals surface area contributed by atoms with Crippen LogP contribution in [0.2, 0.25) is 5.02 Å². The van der Waals surface area contributed by atoms with E-state index in [9.17, 15) is 14.4 Å². The summed E-state index contributed by atoms with van der Waals surface area (Å²) in [5, 5.41) is 3.75. The second-order valence-corrected chi connectivity index (χ2v) is 9.37. The highest BCUT2D eigenvalue weighted by molar-refractivity contribution is 6.30. The van der Waals surface area contributed by atoms with Crippen molar-refractivity contribution in [2.24, 2.45) is 0 Å². The van der Waals surface area contributed by atoms with E-state index in [0.717, 1.165) is 5.56 Å². The van der Waals surface area contributed by atoms with Crippen LogP contribution >= 0.6 is 11.6 Å². The van der Waals surface area contributed by atoms with Crippen molar-refractivity contribution in [1.29, 1.82) is 0 Å². The molecule has 0 saturated carbocycles. The summed E-state index contributed by atoms with van der Waals surface area (Å²) >= 11 is 6.04. The lowest BCUT2D eigenvalue weighted by molar-refractivity contribution is 0.0943. The van der Waals surface area contributed by atoms with Crippen LogP contribution in [-0.2, 0) is 13.1 Å². The number of hydrogen-bond donors (Lipinski definition) is 1. The summed E-state index contributed by atoms with van der Waals surface area (Å²) < 4.78 is 13.6. The topological polar surface area (TPSA) is 91.6 Å². The molecule has 0 fully saturated rings.